The summed E-state index contributed by atoms with van der Waals surface area (Å²) in [5, 5.41) is 2.76. The Labute approximate surface area is 154 Å². The van der Waals surface area contributed by atoms with E-state index >= 15 is 0 Å². The second kappa shape index (κ2) is 8.23. The van der Waals surface area contributed by atoms with Crippen LogP contribution < -0.4 is 14.8 Å². The molecule has 0 saturated carbocycles. The Kier molecular flexibility index (Phi) is 6.26. The standard InChI is InChI=1S/C19H24N2O4S/c1-5-13(2)19(22)20-16-7-6-14(3)18(12-16)26(23,24)21-15-8-10-17(25-4)11-9-15/h6-13,21H,5H2,1-4H3,(H,20,22). The summed E-state index contributed by atoms with van der Waals surface area (Å²) in [6.07, 6.45) is 0.710. The molecule has 0 heterocycles. The first-order valence-corrected chi connectivity index (χ1v) is 9.83. The van der Waals surface area contributed by atoms with E-state index in [1.807, 2.05) is 13.8 Å². The first-order chi connectivity index (χ1) is 12.3. The molecular formula is C19H24N2O4S. The number of amides is 1. The Balaban J connectivity index is 2.27. The third kappa shape index (κ3) is 4.76. The van der Waals surface area contributed by atoms with Crippen LogP contribution in [0.25, 0.3) is 0 Å². The Hall–Kier alpha value is -2.54. The second-order valence-electron chi connectivity index (χ2n) is 6.11. The molecule has 2 rings (SSSR count). The van der Waals surface area contributed by atoms with Gasteiger partial charge in [-0.1, -0.05) is 19.9 Å². The maximum Gasteiger partial charge on any atom is 0.262 e. The number of benzene rings is 2. The molecule has 0 radical (unpaired) electrons. The lowest BCUT2D eigenvalue weighted by Gasteiger charge is -2.14. The van der Waals surface area contributed by atoms with Crippen molar-refractivity contribution in [3.8, 4) is 5.75 Å². The van der Waals surface area contributed by atoms with Crippen LogP contribution in [0.5, 0.6) is 5.75 Å². The fraction of sp³-hybridized carbons (Fsp3) is 0.316. The van der Waals surface area contributed by atoms with Gasteiger partial charge >= 0.3 is 0 Å². The Bertz CT molecular complexity index is 877. The first-order valence-electron chi connectivity index (χ1n) is 8.35. The number of carbonyl (C=O) groups excluding carboxylic acids is 1. The lowest BCUT2D eigenvalue weighted by atomic mass is 10.1. The van der Waals surface area contributed by atoms with E-state index in [0.717, 1.165) is 0 Å². The van der Waals surface area contributed by atoms with Crippen LogP contribution in [-0.4, -0.2) is 21.4 Å². The summed E-state index contributed by atoms with van der Waals surface area (Å²) in [6, 6.07) is 11.4. The predicted octanol–water partition coefficient (Wildman–Crippen LogP) is 3.79. The highest BCUT2D eigenvalue weighted by atomic mass is 32.2. The molecule has 0 aliphatic rings. The van der Waals surface area contributed by atoms with Crippen molar-refractivity contribution in [2.75, 3.05) is 17.1 Å². The molecule has 140 valence electrons. The summed E-state index contributed by atoms with van der Waals surface area (Å²) < 4.78 is 33.1. The van der Waals surface area contributed by atoms with Gasteiger partial charge in [-0.2, -0.15) is 0 Å². The van der Waals surface area contributed by atoms with Crippen molar-refractivity contribution in [2.24, 2.45) is 5.92 Å². The van der Waals surface area contributed by atoms with Gasteiger partial charge in [-0.25, -0.2) is 8.42 Å². The number of hydrogen-bond donors (Lipinski definition) is 2. The van der Waals surface area contributed by atoms with Gasteiger partial charge in [-0.05, 0) is 55.3 Å². The first kappa shape index (κ1) is 19.8. The van der Waals surface area contributed by atoms with Crippen molar-refractivity contribution >= 4 is 27.3 Å². The number of nitrogens with one attached hydrogen (secondary N) is 2. The fourth-order valence-corrected chi connectivity index (χ4v) is 3.62. The highest BCUT2D eigenvalue weighted by Gasteiger charge is 2.19. The quantitative estimate of drug-likeness (QED) is 0.770. The van der Waals surface area contributed by atoms with E-state index in [-0.39, 0.29) is 16.7 Å². The van der Waals surface area contributed by atoms with E-state index in [0.29, 0.717) is 29.1 Å². The molecule has 7 heteroatoms. The number of hydrogen-bond acceptors (Lipinski definition) is 4. The molecule has 0 spiro atoms. The summed E-state index contributed by atoms with van der Waals surface area (Å²) in [5.41, 5.74) is 1.47. The molecule has 1 atom stereocenters. The summed E-state index contributed by atoms with van der Waals surface area (Å²) in [7, 11) is -2.25. The lowest BCUT2D eigenvalue weighted by Crippen LogP contribution is -2.20. The molecule has 2 N–H and O–H groups in total. The van der Waals surface area contributed by atoms with E-state index in [1.54, 1.807) is 50.4 Å². The minimum atomic E-state index is -3.79. The third-order valence-corrected chi connectivity index (χ3v) is 5.67. The van der Waals surface area contributed by atoms with E-state index in [4.69, 9.17) is 4.74 Å². The minimum Gasteiger partial charge on any atom is -0.497 e. The smallest absolute Gasteiger partial charge is 0.262 e. The van der Waals surface area contributed by atoms with Crippen molar-refractivity contribution in [1.29, 1.82) is 0 Å². The zero-order valence-corrected chi connectivity index (χ0v) is 16.2. The van der Waals surface area contributed by atoms with Gasteiger partial charge in [0.25, 0.3) is 10.0 Å². The van der Waals surface area contributed by atoms with Crippen LogP contribution >= 0.6 is 0 Å². The summed E-state index contributed by atoms with van der Waals surface area (Å²) in [6.45, 7) is 5.46. The van der Waals surface area contributed by atoms with E-state index < -0.39 is 10.0 Å². The van der Waals surface area contributed by atoms with E-state index in [2.05, 4.69) is 10.0 Å². The normalized spacial score (nSPS) is 12.3. The molecule has 0 aromatic heterocycles. The van der Waals surface area contributed by atoms with Crippen molar-refractivity contribution < 1.29 is 17.9 Å². The monoisotopic (exact) mass is 376 g/mol. The fourth-order valence-electron chi connectivity index (χ4n) is 2.29. The molecule has 0 aliphatic heterocycles. The van der Waals surface area contributed by atoms with Crippen LogP contribution in [0.4, 0.5) is 11.4 Å². The van der Waals surface area contributed by atoms with Gasteiger partial charge in [-0.3, -0.25) is 9.52 Å². The SMILES string of the molecule is CCC(C)C(=O)Nc1ccc(C)c(S(=O)(=O)Nc2ccc(OC)cc2)c1. The number of rotatable bonds is 7. The molecule has 2 aromatic rings. The largest absolute Gasteiger partial charge is 0.497 e. The van der Waals surface area contributed by atoms with Crippen molar-refractivity contribution in [3.63, 3.8) is 0 Å². The van der Waals surface area contributed by atoms with E-state index in [1.165, 1.54) is 6.07 Å². The van der Waals surface area contributed by atoms with Gasteiger partial charge in [-0.15, -0.1) is 0 Å². The molecule has 2 aromatic carbocycles. The Morgan fingerprint density at radius 3 is 2.31 bits per heavy atom. The molecule has 26 heavy (non-hydrogen) atoms. The van der Waals surface area contributed by atoms with E-state index in [9.17, 15) is 13.2 Å². The summed E-state index contributed by atoms with van der Waals surface area (Å²) in [4.78, 5) is 12.2. The number of sulfonamides is 1. The van der Waals surface area contributed by atoms with Crippen molar-refractivity contribution in [1.82, 2.24) is 0 Å². The number of aryl methyl sites for hydroxylation is 1. The molecular weight excluding hydrogens is 352 g/mol. The maximum absolute atomic E-state index is 12.7. The minimum absolute atomic E-state index is 0.121. The highest BCUT2D eigenvalue weighted by Crippen LogP contribution is 2.24. The van der Waals surface area contributed by atoms with Crippen LogP contribution in [0.2, 0.25) is 0 Å². The van der Waals surface area contributed by atoms with Gasteiger partial charge in [0.1, 0.15) is 5.75 Å². The van der Waals surface area contributed by atoms with Crippen molar-refractivity contribution in [3.05, 3.63) is 48.0 Å². The van der Waals surface area contributed by atoms with Gasteiger partial charge in [0, 0.05) is 17.3 Å². The topological polar surface area (TPSA) is 84.5 Å². The van der Waals surface area contributed by atoms with Crippen LogP contribution in [-0.2, 0) is 14.8 Å². The number of carbonyl (C=O) groups is 1. The zero-order chi connectivity index (χ0) is 19.3. The Morgan fingerprint density at radius 2 is 1.73 bits per heavy atom. The molecule has 6 nitrogen and oxygen atoms in total. The van der Waals surface area contributed by atoms with Gasteiger partial charge in [0.15, 0.2) is 0 Å². The highest BCUT2D eigenvalue weighted by molar-refractivity contribution is 7.92. The van der Waals surface area contributed by atoms with Crippen LogP contribution in [0, 0.1) is 12.8 Å². The summed E-state index contributed by atoms with van der Waals surface area (Å²) in [5.74, 6) is 0.357. The predicted molar refractivity (Wildman–Crippen MR) is 103 cm³/mol. The third-order valence-electron chi connectivity index (χ3n) is 4.15. The average Bonchev–Trinajstić information content (AvgIpc) is 2.62. The molecule has 1 amide bonds. The Morgan fingerprint density at radius 1 is 1.12 bits per heavy atom. The van der Waals surface area contributed by atoms with Gasteiger partial charge in [0.05, 0.1) is 12.0 Å². The molecule has 0 bridgehead atoms. The number of methoxy groups -OCH3 is 1. The van der Waals surface area contributed by atoms with Gasteiger partial charge < -0.3 is 10.1 Å². The maximum atomic E-state index is 12.7. The molecule has 0 aliphatic carbocycles. The summed E-state index contributed by atoms with van der Waals surface area (Å²) >= 11 is 0. The molecule has 0 saturated heterocycles. The van der Waals surface area contributed by atoms with Crippen molar-refractivity contribution in [2.45, 2.75) is 32.1 Å². The average molecular weight is 376 g/mol. The second-order valence-corrected chi connectivity index (χ2v) is 7.76. The molecule has 1 unspecified atom stereocenters. The zero-order valence-electron chi connectivity index (χ0n) is 15.4. The van der Waals surface area contributed by atoms with Gasteiger partial charge in [0.2, 0.25) is 5.91 Å². The van der Waals surface area contributed by atoms with Crippen LogP contribution in [0.3, 0.4) is 0 Å². The number of anilines is 2. The molecule has 0 fully saturated rings. The lowest BCUT2D eigenvalue weighted by molar-refractivity contribution is -0.119. The van der Waals surface area contributed by atoms with Crippen LogP contribution in [0.1, 0.15) is 25.8 Å². The van der Waals surface area contributed by atoms with Crippen LogP contribution in [0.15, 0.2) is 47.4 Å². The number of ether oxygens (including phenoxy) is 1.